The van der Waals surface area contributed by atoms with Crippen LogP contribution in [0.25, 0.3) is 10.9 Å². The van der Waals surface area contributed by atoms with Gasteiger partial charge in [-0.1, -0.05) is 0 Å². The zero-order valence-corrected chi connectivity index (χ0v) is 8.15. The molecule has 0 unspecified atom stereocenters. The highest BCUT2D eigenvalue weighted by Crippen LogP contribution is 2.18. The summed E-state index contributed by atoms with van der Waals surface area (Å²) < 4.78 is 2.02. The van der Waals surface area contributed by atoms with Crippen LogP contribution in [-0.2, 0) is 0 Å². The average Bonchev–Trinajstić information content (AvgIpc) is 2.48. The van der Waals surface area contributed by atoms with Crippen LogP contribution >= 0.6 is 0 Å². The van der Waals surface area contributed by atoms with E-state index in [1.54, 1.807) is 0 Å². The zero-order chi connectivity index (χ0) is 9.42. The van der Waals surface area contributed by atoms with E-state index in [-0.39, 0.29) is 0 Å². The van der Waals surface area contributed by atoms with Gasteiger partial charge in [0.25, 0.3) is 0 Å². The molecule has 13 heavy (non-hydrogen) atoms. The first-order valence-corrected chi connectivity index (χ1v) is 4.49. The average molecular weight is 175 g/mol. The lowest BCUT2D eigenvalue weighted by molar-refractivity contribution is 0.551. The van der Waals surface area contributed by atoms with Crippen LogP contribution in [0.5, 0.6) is 0 Å². The summed E-state index contributed by atoms with van der Waals surface area (Å²) >= 11 is 0. The molecule has 0 spiro atoms. The van der Waals surface area contributed by atoms with Crippen LogP contribution in [0.15, 0.2) is 18.5 Å². The Morgan fingerprint density at radius 3 is 2.85 bits per heavy atom. The Morgan fingerprint density at radius 1 is 1.38 bits per heavy atom. The minimum atomic E-state index is 0.402. The summed E-state index contributed by atoms with van der Waals surface area (Å²) in [7, 11) is 0. The molecule has 2 aromatic heterocycles. The Labute approximate surface area is 77.4 Å². The summed E-state index contributed by atoms with van der Waals surface area (Å²) in [6.07, 6.45) is 3.72. The Kier molecular flexibility index (Phi) is 1.79. The van der Waals surface area contributed by atoms with Crippen LogP contribution < -0.4 is 0 Å². The van der Waals surface area contributed by atoms with Crippen molar-refractivity contribution in [1.82, 2.24) is 14.8 Å². The standard InChI is InChI=1S/C10H13N3/c1-7(2)13-10-4-5-11-8(3)9(10)6-12-13/h4-7H,1-3H3. The first-order chi connectivity index (χ1) is 6.20. The summed E-state index contributed by atoms with van der Waals surface area (Å²) in [6.45, 7) is 6.26. The lowest BCUT2D eigenvalue weighted by Gasteiger charge is -2.06. The third kappa shape index (κ3) is 1.20. The van der Waals surface area contributed by atoms with Crippen molar-refractivity contribution in [1.29, 1.82) is 0 Å². The van der Waals surface area contributed by atoms with Gasteiger partial charge in [-0.15, -0.1) is 0 Å². The van der Waals surface area contributed by atoms with Crippen molar-refractivity contribution in [2.75, 3.05) is 0 Å². The first kappa shape index (κ1) is 8.23. The monoisotopic (exact) mass is 175 g/mol. The molecule has 0 fully saturated rings. The van der Waals surface area contributed by atoms with Crippen LogP contribution in [0.1, 0.15) is 25.6 Å². The van der Waals surface area contributed by atoms with E-state index in [0.29, 0.717) is 6.04 Å². The zero-order valence-electron chi connectivity index (χ0n) is 8.15. The fourth-order valence-corrected chi connectivity index (χ4v) is 1.52. The van der Waals surface area contributed by atoms with Gasteiger partial charge in [-0.3, -0.25) is 9.67 Å². The van der Waals surface area contributed by atoms with Crippen molar-refractivity contribution >= 4 is 10.9 Å². The van der Waals surface area contributed by atoms with Gasteiger partial charge >= 0.3 is 0 Å². The van der Waals surface area contributed by atoms with E-state index in [0.717, 1.165) is 11.1 Å². The van der Waals surface area contributed by atoms with E-state index in [1.807, 2.05) is 30.1 Å². The van der Waals surface area contributed by atoms with E-state index in [9.17, 15) is 0 Å². The lowest BCUT2D eigenvalue weighted by atomic mass is 10.2. The van der Waals surface area contributed by atoms with Gasteiger partial charge in [0, 0.05) is 23.3 Å². The fourth-order valence-electron chi connectivity index (χ4n) is 1.52. The van der Waals surface area contributed by atoms with Crippen molar-refractivity contribution in [2.24, 2.45) is 0 Å². The number of rotatable bonds is 1. The molecule has 0 aliphatic rings. The molecular formula is C10H13N3. The molecule has 2 rings (SSSR count). The molecule has 0 saturated heterocycles. The van der Waals surface area contributed by atoms with Crippen LogP contribution in [0.2, 0.25) is 0 Å². The molecular weight excluding hydrogens is 162 g/mol. The Hall–Kier alpha value is -1.38. The van der Waals surface area contributed by atoms with E-state index in [1.165, 1.54) is 5.52 Å². The van der Waals surface area contributed by atoms with E-state index < -0.39 is 0 Å². The topological polar surface area (TPSA) is 30.7 Å². The minimum Gasteiger partial charge on any atom is -0.262 e. The number of hydrogen-bond acceptors (Lipinski definition) is 2. The highest BCUT2D eigenvalue weighted by atomic mass is 15.3. The van der Waals surface area contributed by atoms with Crippen molar-refractivity contribution in [3.05, 3.63) is 24.2 Å². The van der Waals surface area contributed by atoms with Gasteiger partial charge in [-0.05, 0) is 26.8 Å². The smallest absolute Gasteiger partial charge is 0.0719 e. The van der Waals surface area contributed by atoms with Gasteiger partial charge in [0.1, 0.15) is 0 Å². The number of aryl methyl sites for hydroxylation is 1. The van der Waals surface area contributed by atoms with Gasteiger partial charge in [0.15, 0.2) is 0 Å². The molecule has 2 heterocycles. The molecule has 3 nitrogen and oxygen atoms in total. The summed E-state index contributed by atoms with van der Waals surface area (Å²) in [5.41, 5.74) is 2.21. The SMILES string of the molecule is Cc1nccc2c1cnn2C(C)C. The fraction of sp³-hybridized carbons (Fsp3) is 0.400. The number of hydrogen-bond donors (Lipinski definition) is 0. The van der Waals surface area contributed by atoms with Crippen LogP contribution in [0.4, 0.5) is 0 Å². The quantitative estimate of drug-likeness (QED) is 0.666. The van der Waals surface area contributed by atoms with Crippen LogP contribution in [0.3, 0.4) is 0 Å². The first-order valence-electron chi connectivity index (χ1n) is 4.49. The van der Waals surface area contributed by atoms with E-state index in [4.69, 9.17) is 0 Å². The largest absolute Gasteiger partial charge is 0.262 e. The molecule has 0 saturated carbocycles. The third-order valence-electron chi connectivity index (χ3n) is 2.21. The highest BCUT2D eigenvalue weighted by Gasteiger charge is 2.06. The maximum atomic E-state index is 4.33. The van der Waals surface area contributed by atoms with Crippen molar-refractivity contribution < 1.29 is 0 Å². The van der Waals surface area contributed by atoms with Gasteiger partial charge in [0.05, 0.1) is 11.7 Å². The molecule has 0 atom stereocenters. The molecule has 0 bridgehead atoms. The van der Waals surface area contributed by atoms with Crippen molar-refractivity contribution in [3.8, 4) is 0 Å². The van der Waals surface area contributed by atoms with Crippen LogP contribution in [-0.4, -0.2) is 14.8 Å². The Bertz CT molecular complexity index is 429. The third-order valence-corrected chi connectivity index (χ3v) is 2.21. The van der Waals surface area contributed by atoms with Crippen molar-refractivity contribution in [3.63, 3.8) is 0 Å². The van der Waals surface area contributed by atoms with Crippen LogP contribution in [0, 0.1) is 6.92 Å². The molecule has 0 amide bonds. The summed E-state index contributed by atoms with van der Waals surface area (Å²) in [6, 6.07) is 2.41. The van der Waals surface area contributed by atoms with Gasteiger partial charge in [0.2, 0.25) is 0 Å². The Morgan fingerprint density at radius 2 is 2.15 bits per heavy atom. The summed E-state index contributed by atoms with van der Waals surface area (Å²) in [4.78, 5) is 4.23. The maximum absolute atomic E-state index is 4.33. The second-order valence-electron chi connectivity index (χ2n) is 3.51. The number of aromatic nitrogens is 3. The van der Waals surface area contributed by atoms with Gasteiger partial charge in [-0.25, -0.2) is 0 Å². The lowest BCUT2D eigenvalue weighted by Crippen LogP contribution is -2.01. The van der Waals surface area contributed by atoms with E-state index >= 15 is 0 Å². The Balaban J connectivity index is 2.75. The normalized spacial score (nSPS) is 11.4. The molecule has 0 radical (unpaired) electrons. The predicted molar refractivity (Wildman–Crippen MR) is 52.7 cm³/mol. The summed E-state index contributed by atoms with van der Waals surface area (Å²) in [5, 5.41) is 5.48. The molecule has 0 aliphatic heterocycles. The molecule has 3 heteroatoms. The van der Waals surface area contributed by atoms with Crippen molar-refractivity contribution in [2.45, 2.75) is 26.8 Å². The number of nitrogens with zero attached hydrogens (tertiary/aromatic N) is 3. The molecule has 0 aromatic carbocycles. The number of pyridine rings is 1. The second-order valence-corrected chi connectivity index (χ2v) is 3.51. The molecule has 2 aromatic rings. The molecule has 68 valence electrons. The van der Waals surface area contributed by atoms with Gasteiger partial charge in [-0.2, -0.15) is 5.10 Å². The minimum absolute atomic E-state index is 0.402. The van der Waals surface area contributed by atoms with Gasteiger partial charge < -0.3 is 0 Å². The maximum Gasteiger partial charge on any atom is 0.0719 e. The number of fused-ring (bicyclic) bond motifs is 1. The highest BCUT2D eigenvalue weighted by molar-refractivity contribution is 5.80. The second kappa shape index (κ2) is 2.83. The molecule has 0 N–H and O–H groups in total. The van der Waals surface area contributed by atoms with E-state index in [2.05, 4.69) is 23.9 Å². The predicted octanol–water partition coefficient (Wildman–Crippen LogP) is 2.32. The summed E-state index contributed by atoms with van der Waals surface area (Å²) in [5.74, 6) is 0. The molecule has 0 aliphatic carbocycles.